The first-order chi connectivity index (χ1) is 7.86. The molecule has 0 bridgehead atoms. The molecule has 0 aliphatic heterocycles. The Labute approximate surface area is 109 Å². The summed E-state index contributed by atoms with van der Waals surface area (Å²) in [5.74, 6) is 0. The minimum atomic E-state index is -0.803. The van der Waals surface area contributed by atoms with Crippen LogP contribution in [0.25, 0.3) is 0 Å². The molecule has 0 aromatic carbocycles. The van der Waals surface area contributed by atoms with E-state index in [-0.39, 0.29) is 4.75 Å². The molecule has 0 rings (SSSR count). The predicted octanol–water partition coefficient (Wildman–Crippen LogP) is 5.26. The van der Waals surface area contributed by atoms with E-state index in [9.17, 15) is 4.79 Å². The van der Waals surface area contributed by atoms with E-state index in [4.69, 9.17) is 5.11 Å². The van der Waals surface area contributed by atoms with Crippen molar-refractivity contribution in [3.63, 3.8) is 0 Å². The fraction of sp³-hybridized carbons (Fsp3) is 0.643. The van der Waals surface area contributed by atoms with E-state index in [1.807, 2.05) is 20.8 Å². The molecule has 0 heterocycles. The highest BCUT2D eigenvalue weighted by Gasteiger charge is 2.24. The summed E-state index contributed by atoms with van der Waals surface area (Å²) in [6.07, 6.45) is 7.15. The van der Waals surface area contributed by atoms with Gasteiger partial charge < -0.3 is 5.11 Å². The van der Waals surface area contributed by atoms with Crippen molar-refractivity contribution in [3.05, 3.63) is 23.3 Å². The van der Waals surface area contributed by atoms with E-state index in [0.717, 1.165) is 31.0 Å². The summed E-state index contributed by atoms with van der Waals surface area (Å²) < 4.78 is -0.268. The molecule has 0 atom stereocenters. The molecule has 0 fully saturated rings. The molecule has 98 valence electrons. The molecule has 0 unspecified atom stereocenters. The van der Waals surface area contributed by atoms with Gasteiger partial charge in [-0.2, -0.15) is 0 Å². The van der Waals surface area contributed by atoms with Crippen LogP contribution >= 0.6 is 11.8 Å². The van der Waals surface area contributed by atoms with Crippen LogP contribution in [0.4, 0.5) is 4.79 Å². The second-order valence-electron chi connectivity index (χ2n) is 4.61. The Morgan fingerprint density at radius 3 is 2.24 bits per heavy atom. The zero-order valence-electron chi connectivity index (χ0n) is 11.5. The van der Waals surface area contributed by atoms with Gasteiger partial charge >= 0.3 is 5.30 Å². The Bertz CT molecular complexity index is 314. The Morgan fingerprint density at radius 2 is 1.88 bits per heavy atom. The van der Waals surface area contributed by atoms with Gasteiger partial charge in [-0.3, -0.25) is 0 Å². The third kappa shape index (κ3) is 6.57. The van der Waals surface area contributed by atoms with Gasteiger partial charge in [0.1, 0.15) is 0 Å². The number of hydrogen-bond donors (Lipinski definition) is 1. The monoisotopic (exact) mass is 256 g/mol. The van der Waals surface area contributed by atoms with Gasteiger partial charge in [0.25, 0.3) is 0 Å². The standard InChI is InChI=1S/C14H24O2S/c1-6-9-11(7-2)12(8-3)10-14(4,5)17-13(15)16/h8-9H,6-7,10H2,1-5H3,(H,15,16)/b11-9-,12-8-. The van der Waals surface area contributed by atoms with E-state index < -0.39 is 5.30 Å². The van der Waals surface area contributed by atoms with Crippen LogP contribution in [-0.4, -0.2) is 15.2 Å². The summed E-state index contributed by atoms with van der Waals surface area (Å²) in [4.78, 5) is 10.8. The lowest BCUT2D eigenvalue weighted by Crippen LogP contribution is -2.18. The predicted molar refractivity (Wildman–Crippen MR) is 76.7 cm³/mol. The molecular formula is C14H24O2S. The minimum absolute atomic E-state index is 0.268. The van der Waals surface area contributed by atoms with E-state index >= 15 is 0 Å². The van der Waals surface area contributed by atoms with Crippen LogP contribution < -0.4 is 0 Å². The number of thioether (sulfide) groups is 1. The average Bonchev–Trinajstić information content (AvgIpc) is 2.21. The second-order valence-corrected chi connectivity index (χ2v) is 6.27. The summed E-state index contributed by atoms with van der Waals surface area (Å²) in [7, 11) is 0. The topological polar surface area (TPSA) is 37.3 Å². The molecule has 0 aromatic heterocycles. The van der Waals surface area contributed by atoms with Gasteiger partial charge in [0.2, 0.25) is 0 Å². The molecule has 0 aromatic rings. The Hall–Kier alpha value is -0.700. The zero-order chi connectivity index (χ0) is 13.5. The zero-order valence-corrected chi connectivity index (χ0v) is 12.4. The Balaban J connectivity index is 4.82. The number of allylic oxidation sites excluding steroid dienone is 4. The van der Waals surface area contributed by atoms with E-state index in [2.05, 4.69) is 26.0 Å². The molecule has 0 amide bonds. The van der Waals surface area contributed by atoms with Crippen molar-refractivity contribution < 1.29 is 9.90 Å². The summed E-state index contributed by atoms with van der Waals surface area (Å²) >= 11 is 0.995. The summed E-state index contributed by atoms with van der Waals surface area (Å²) in [5, 5.41) is 8.06. The molecular weight excluding hydrogens is 232 g/mol. The first-order valence-corrected chi connectivity index (χ1v) is 6.94. The molecule has 0 saturated carbocycles. The molecule has 0 spiro atoms. The molecule has 0 aliphatic rings. The first kappa shape index (κ1) is 16.3. The lowest BCUT2D eigenvalue weighted by Gasteiger charge is -2.24. The van der Waals surface area contributed by atoms with Crippen LogP contribution in [-0.2, 0) is 0 Å². The molecule has 17 heavy (non-hydrogen) atoms. The van der Waals surface area contributed by atoms with Crippen molar-refractivity contribution in [2.24, 2.45) is 0 Å². The first-order valence-electron chi connectivity index (χ1n) is 6.12. The van der Waals surface area contributed by atoms with E-state index in [0.29, 0.717) is 0 Å². The van der Waals surface area contributed by atoms with Gasteiger partial charge in [0.15, 0.2) is 0 Å². The van der Waals surface area contributed by atoms with E-state index in [1.54, 1.807) is 0 Å². The lowest BCUT2D eigenvalue weighted by molar-refractivity contribution is 0.222. The number of carbonyl (C=O) groups is 1. The number of carboxylic acid groups (broad SMARTS) is 1. The highest BCUT2D eigenvalue weighted by Crippen LogP contribution is 2.34. The van der Waals surface area contributed by atoms with Gasteiger partial charge in [-0.15, -0.1) is 0 Å². The van der Waals surface area contributed by atoms with Crippen molar-refractivity contribution in [2.45, 2.75) is 58.6 Å². The fourth-order valence-corrected chi connectivity index (χ4v) is 2.58. The van der Waals surface area contributed by atoms with Gasteiger partial charge in [-0.1, -0.05) is 26.0 Å². The van der Waals surface area contributed by atoms with Gasteiger partial charge in [-0.25, -0.2) is 4.79 Å². The highest BCUT2D eigenvalue weighted by molar-refractivity contribution is 8.14. The number of hydrogen-bond acceptors (Lipinski definition) is 2. The van der Waals surface area contributed by atoms with Gasteiger partial charge in [0.05, 0.1) is 0 Å². The summed E-state index contributed by atoms with van der Waals surface area (Å²) in [5.41, 5.74) is 2.61. The minimum Gasteiger partial charge on any atom is -0.473 e. The van der Waals surface area contributed by atoms with Crippen molar-refractivity contribution in [1.29, 1.82) is 0 Å². The summed E-state index contributed by atoms with van der Waals surface area (Å²) in [6.45, 7) is 10.3. The van der Waals surface area contributed by atoms with Gasteiger partial charge in [-0.05, 0) is 62.9 Å². The molecule has 1 N–H and O–H groups in total. The second kappa shape index (κ2) is 7.59. The van der Waals surface area contributed by atoms with Crippen LogP contribution in [0.5, 0.6) is 0 Å². The van der Waals surface area contributed by atoms with Gasteiger partial charge in [0, 0.05) is 4.75 Å². The molecule has 3 heteroatoms. The normalized spacial score (nSPS) is 13.9. The Kier molecular flexibility index (Phi) is 7.28. The lowest BCUT2D eigenvalue weighted by atomic mass is 9.93. The van der Waals surface area contributed by atoms with Crippen LogP contribution in [0.1, 0.15) is 53.9 Å². The smallest absolute Gasteiger partial charge is 0.365 e. The maximum absolute atomic E-state index is 10.8. The number of rotatable bonds is 6. The maximum atomic E-state index is 10.8. The SMILES string of the molecule is C/C=C(CC(C)(C)SC(=O)O)\C(=C/CC)CC. The molecule has 0 saturated heterocycles. The molecule has 2 nitrogen and oxygen atoms in total. The molecule has 0 aliphatic carbocycles. The van der Waals surface area contributed by atoms with Crippen LogP contribution in [0.3, 0.4) is 0 Å². The average molecular weight is 256 g/mol. The third-order valence-electron chi connectivity index (χ3n) is 2.57. The van der Waals surface area contributed by atoms with Crippen LogP contribution in [0.2, 0.25) is 0 Å². The van der Waals surface area contributed by atoms with Crippen molar-refractivity contribution >= 4 is 17.1 Å². The Morgan fingerprint density at radius 1 is 1.29 bits per heavy atom. The van der Waals surface area contributed by atoms with Crippen LogP contribution in [0, 0.1) is 0 Å². The quantitative estimate of drug-likeness (QED) is 0.659. The largest absolute Gasteiger partial charge is 0.473 e. The summed E-state index contributed by atoms with van der Waals surface area (Å²) in [6, 6.07) is 0. The highest BCUT2D eigenvalue weighted by atomic mass is 32.2. The van der Waals surface area contributed by atoms with Crippen LogP contribution in [0.15, 0.2) is 23.3 Å². The molecule has 0 radical (unpaired) electrons. The van der Waals surface area contributed by atoms with Crippen molar-refractivity contribution in [3.8, 4) is 0 Å². The third-order valence-corrected chi connectivity index (χ3v) is 3.44. The van der Waals surface area contributed by atoms with Crippen molar-refractivity contribution in [1.82, 2.24) is 0 Å². The maximum Gasteiger partial charge on any atom is 0.365 e. The van der Waals surface area contributed by atoms with Crippen molar-refractivity contribution in [2.75, 3.05) is 0 Å². The van der Waals surface area contributed by atoms with E-state index in [1.165, 1.54) is 11.1 Å². The fourth-order valence-electron chi connectivity index (χ4n) is 1.88.